The highest BCUT2D eigenvalue weighted by Crippen LogP contribution is 2.26. The normalized spacial score (nSPS) is 13.6. The maximum absolute atomic E-state index is 11.9. The summed E-state index contributed by atoms with van der Waals surface area (Å²) in [5.41, 5.74) is -0.778. The molecule has 72 valence electrons. The smallest absolute Gasteiger partial charge is 0.359 e. The Morgan fingerprint density at radius 2 is 2.08 bits per heavy atom. The lowest BCUT2D eigenvalue weighted by molar-refractivity contribution is -0.108. The fourth-order valence-electron chi connectivity index (χ4n) is 0.410. The van der Waals surface area contributed by atoms with Gasteiger partial charge in [-0.3, -0.25) is 0 Å². The highest BCUT2D eigenvalue weighted by atomic mass is 79.9. The number of halogens is 4. The van der Waals surface area contributed by atoms with Crippen molar-refractivity contribution in [3.05, 3.63) is 10.6 Å². The van der Waals surface area contributed by atoms with E-state index in [2.05, 4.69) is 25.4 Å². The average Bonchev–Trinajstić information content (AvgIpc) is 1.95. The molecule has 0 aliphatic rings. The maximum atomic E-state index is 11.9. The number of rotatable bonds is 4. The molecule has 0 atom stereocenters. The Hall–Kier alpha value is -0.0700. The van der Waals surface area contributed by atoms with Gasteiger partial charge in [0.05, 0.1) is 12.2 Å². The van der Waals surface area contributed by atoms with E-state index in [-0.39, 0.29) is 6.79 Å². The van der Waals surface area contributed by atoms with Gasteiger partial charge in [0.2, 0.25) is 0 Å². The van der Waals surface area contributed by atoms with E-state index in [1.807, 2.05) is 0 Å². The first-order chi connectivity index (χ1) is 5.52. The standard InChI is InChI=1S/C6H8BrF3O2/c1-11-4-12-3-5(2-7)6(8,9)10/h2H,3-4H2,1H3. The molecule has 0 aromatic rings. The number of ether oxygens (including phenoxy) is 2. The molecule has 0 spiro atoms. The third kappa shape index (κ3) is 4.74. The van der Waals surface area contributed by atoms with Crippen molar-refractivity contribution in [1.29, 1.82) is 0 Å². The fourth-order valence-corrected chi connectivity index (χ4v) is 0.802. The molecule has 0 saturated heterocycles. The molecular formula is C6H8BrF3O2. The summed E-state index contributed by atoms with van der Waals surface area (Å²) in [7, 11) is 1.34. The molecule has 0 amide bonds. The van der Waals surface area contributed by atoms with E-state index in [1.165, 1.54) is 7.11 Å². The number of alkyl halides is 3. The lowest BCUT2D eigenvalue weighted by atomic mass is 10.3. The molecule has 0 saturated carbocycles. The summed E-state index contributed by atoms with van der Waals surface area (Å²) in [5, 5.41) is 0. The van der Waals surface area contributed by atoms with Crippen LogP contribution in [0.1, 0.15) is 0 Å². The van der Waals surface area contributed by atoms with Gasteiger partial charge in [-0.25, -0.2) is 0 Å². The largest absolute Gasteiger partial charge is 0.415 e. The second kappa shape index (κ2) is 5.55. The fraction of sp³-hybridized carbons (Fsp3) is 0.667. The van der Waals surface area contributed by atoms with Crippen LogP contribution < -0.4 is 0 Å². The van der Waals surface area contributed by atoms with Gasteiger partial charge < -0.3 is 9.47 Å². The van der Waals surface area contributed by atoms with Crippen LogP contribution in [0.15, 0.2) is 10.6 Å². The zero-order chi connectivity index (χ0) is 9.61. The zero-order valence-corrected chi connectivity index (χ0v) is 7.91. The maximum Gasteiger partial charge on any atom is 0.415 e. The Morgan fingerprint density at radius 3 is 2.42 bits per heavy atom. The molecule has 6 heteroatoms. The number of hydrogen-bond acceptors (Lipinski definition) is 2. The van der Waals surface area contributed by atoms with E-state index in [1.54, 1.807) is 0 Å². The second-order valence-electron chi connectivity index (χ2n) is 1.89. The van der Waals surface area contributed by atoms with Crippen molar-refractivity contribution in [2.45, 2.75) is 6.18 Å². The van der Waals surface area contributed by atoms with Gasteiger partial charge in [-0.05, 0) is 4.99 Å². The summed E-state index contributed by atoms with van der Waals surface area (Å²) in [6, 6.07) is 0. The van der Waals surface area contributed by atoms with Crippen molar-refractivity contribution in [3.63, 3.8) is 0 Å². The van der Waals surface area contributed by atoms with Crippen molar-refractivity contribution in [2.24, 2.45) is 0 Å². The van der Waals surface area contributed by atoms with Crippen molar-refractivity contribution in [2.75, 3.05) is 20.5 Å². The predicted octanol–water partition coefficient (Wildman–Crippen LogP) is 2.45. The molecule has 0 aromatic carbocycles. The van der Waals surface area contributed by atoms with E-state index < -0.39 is 18.4 Å². The number of hydrogen-bond donors (Lipinski definition) is 0. The van der Waals surface area contributed by atoms with Crippen molar-refractivity contribution in [3.8, 4) is 0 Å². The van der Waals surface area contributed by atoms with E-state index in [0.717, 1.165) is 4.99 Å². The molecule has 2 nitrogen and oxygen atoms in total. The lowest BCUT2D eigenvalue weighted by Crippen LogP contribution is -2.16. The van der Waals surface area contributed by atoms with Gasteiger partial charge in [0.1, 0.15) is 6.79 Å². The average molecular weight is 249 g/mol. The van der Waals surface area contributed by atoms with E-state index in [9.17, 15) is 13.2 Å². The molecule has 0 radical (unpaired) electrons. The minimum atomic E-state index is -4.35. The van der Waals surface area contributed by atoms with Crippen LogP contribution in [0.3, 0.4) is 0 Å². The van der Waals surface area contributed by atoms with Crippen LogP contribution in [0, 0.1) is 0 Å². The first-order valence-electron chi connectivity index (χ1n) is 2.95. The van der Waals surface area contributed by atoms with Gasteiger partial charge in [-0.2, -0.15) is 13.2 Å². The summed E-state index contributed by atoms with van der Waals surface area (Å²) >= 11 is 2.60. The molecule has 0 aliphatic heterocycles. The third-order valence-corrected chi connectivity index (χ3v) is 1.51. The molecule has 0 bridgehead atoms. The van der Waals surface area contributed by atoms with Crippen molar-refractivity contribution in [1.82, 2.24) is 0 Å². The molecule has 0 aliphatic carbocycles. The van der Waals surface area contributed by atoms with E-state index >= 15 is 0 Å². The zero-order valence-electron chi connectivity index (χ0n) is 6.32. The van der Waals surface area contributed by atoms with Gasteiger partial charge in [0.25, 0.3) is 0 Å². The Bertz CT molecular complexity index is 155. The summed E-state index contributed by atoms with van der Waals surface area (Å²) in [6.07, 6.45) is -4.35. The summed E-state index contributed by atoms with van der Waals surface area (Å²) in [5.74, 6) is 0. The van der Waals surface area contributed by atoms with Crippen LogP contribution in [0.2, 0.25) is 0 Å². The van der Waals surface area contributed by atoms with Crippen LogP contribution in [0.25, 0.3) is 0 Å². The Labute approximate surface area is 76.5 Å². The van der Waals surface area contributed by atoms with Crippen LogP contribution in [0.4, 0.5) is 13.2 Å². The van der Waals surface area contributed by atoms with Gasteiger partial charge >= 0.3 is 6.18 Å². The van der Waals surface area contributed by atoms with Crippen LogP contribution in [-0.2, 0) is 9.47 Å². The summed E-state index contributed by atoms with van der Waals surface area (Å²) < 4.78 is 44.7. The van der Waals surface area contributed by atoms with Gasteiger partial charge in [-0.15, -0.1) is 0 Å². The van der Waals surface area contributed by atoms with Gasteiger partial charge in [0, 0.05) is 7.11 Å². The second-order valence-corrected chi connectivity index (χ2v) is 2.34. The van der Waals surface area contributed by atoms with Crippen molar-refractivity contribution < 1.29 is 22.6 Å². The topological polar surface area (TPSA) is 18.5 Å². The van der Waals surface area contributed by atoms with Gasteiger partial charge in [-0.1, -0.05) is 15.9 Å². The molecule has 0 unspecified atom stereocenters. The van der Waals surface area contributed by atoms with E-state index in [4.69, 9.17) is 0 Å². The lowest BCUT2D eigenvalue weighted by Gasteiger charge is -2.10. The Kier molecular flexibility index (Phi) is 5.52. The molecule has 0 fully saturated rings. The molecule has 0 heterocycles. The molecule has 0 rings (SSSR count). The Balaban J connectivity index is 3.87. The molecular weight excluding hydrogens is 241 g/mol. The molecule has 0 N–H and O–H groups in total. The molecule has 0 aromatic heterocycles. The highest BCUT2D eigenvalue weighted by Gasteiger charge is 2.33. The summed E-state index contributed by atoms with van der Waals surface area (Å²) in [6.45, 7) is -0.664. The predicted molar refractivity (Wildman–Crippen MR) is 40.9 cm³/mol. The summed E-state index contributed by atoms with van der Waals surface area (Å²) in [4.78, 5) is 0.794. The van der Waals surface area contributed by atoms with Crippen LogP contribution in [-0.4, -0.2) is 26.7 Å². The monoisotopic (exact) mass is 248 g/mol. The van der Waals surface area contributed by atoms with Crippen molar-refractivity contribution >= 4 is 15.9 Å². The molecule has 12 heavy (non-hydrogen) atoms. The Morgan fingerprint density at radius 1 is 1.50 bits per heavy atom. The van der Waals surface area contributed by atoms with Crippen LogP contribution in [0.5, 0.6) is 0 Å². The van der Waals surface area contributed by atoms with Gasteiger partial charge in [0.15, 0.2) is 0 Å². The minimum absolute atomic E-state index is 0.152. The number of methoxy groups -OCH3 is 1. The highest BCUT2D eigenvalue weighted by molar-refractivity contribution is 9.11. The van der Waals surface area contributed by atoms with E-state index in [0.29, 0.717) is 0 Å². The first-order valence-corrected chi connectivity index (χ1v) is 3.87. The minimum Gasteiger partial charge on any atom is -0.359 e. The SMILES string of the molecule is COCOCC(=CBr)C(F)(F)F. The first kappa shape index (κ1) is 11.9. The van der Waals surface area contributed by atoms with Crippen LogP contribution >= 0.6 is 15.9 Å². The third-order valence-electron chi connectivity index (χ3n) is 0.955. The quantitative estimate of drug-likeness (QED) is 0.562.